The second kappa shape index (κ2) is 9.72. The third-order valence-corrected chi connectivity index (χ3v) is 7.79. The van der Waals surface area contributed by atoms with E-state index in [-0.39, 0.29) is 17.9 Å². The molecule has 2 unspecified atom stereocenters. The van der Waals surface area contributed by atoms with Crippen molar-refractivity contribution in [3.05, 3.63) is 77.5 Å². The van der Waals surface area contributed by atoms with Crippen LogP contribution in [0.1, 0.15) is 41.8 Å². The number of benzene rings is 2. The van der Waals surface area contributed by atoms with Gasteiger partial charge in [0.05, 0.1) is 30.5 Å². The lowest BCUT2D eigenvalue weighted by atomic mass is 9.89. The lowest BCUT2D eigenvalue weighted by molar-refractivity contribution is -0.120. The molecule has 2 aromatic heterocycles. The SMILES string of the molecule is CCc1nc(Nc2ccc(-n3cnc(C)c3)c(OC)c2)nc2c1N(C)C(=O)C1C(c3ccc(C)cc3)CCN21. The summed E-state index contributed by atoms with van der Waals surface area (Å²) in [6, 6.07) is 14.2. The molecule has 0 radical (unpaired) electrons. The topological polar surface area (TPSA) is 88.4 Å². The van der Waals surface area contributed by atoms with Gasteiger partial charge in [-0.05, 0) is 44.4 Å². The second-order valence-electron chi connectivity index (χ2n) is 10.3. The van der Waals surface area contributed by atoms with Crippen molar-refractivity contribution in [2.45, 2.75) is 45.6 Å². The first-order valence-electron chi connectivity index (χ1n) is 13.4. The van der Waals surface area contributed by atoms with E-state index in [2.05, 4.69) is 53.3 Å². The molecule has 6 rings (SSSR count). The highest BCUT2D eigenvalue weighted by molar-refractivity contribution is 6.06. The third kappa shape index (κ3) is 4.27. The maximum Gasteiger partial charge on any atom is 0.250 e. The molecule has 4 aromatic rings. The number of amides is 1. The average molecular weight is 524 g/mol. The molecule has 4 heterocycles. The first-order chi connectivity index (χ1) is 18.9. The molecule has 1 amide bonds. The predicted molar refractivity (Wildman–Crippen MR) is 153 cm³/mol. The monoisotopic (exact) mass is 523 g/mol. The Morgan fingerprint density at radius 2 is 1.90 bits per heavy atom. The van der Waals surface area contributed by atoms with Crippen LogP contribution in [0.3, 0.4) is 0 Å². The van der Waals surface area contributed by atoms with Crippen LogP contribution < -0.4 is 19.9 Å². The van der Waals surface area contributed by atoms with Gasteiger partial charge in [-0.15, -0.1) is 0 Å². The molecule has 2 aromatic carbocycles. The smallest absolute Gasteiger partial charge is 0.250 e. The largest absolute Gasteiger partial charge is 0.494 e. The molecule has 1 N–H and O–H groups in total. The normalized spacial score (nSPS) is 18.2. The summed E-state index contributed by atoms with van der Waals surface area (Å²) in [5.41, 5.74) is 6.69. The fraction of sp³-hybridized carbons (Fsp3) is 0.333. The summed E-state index contributed by atoms with van der Waals surface area (Å²) in [4.78, 5) is 31.7. The van der Waals surface area contributed by atoms with Crippen molar-refractivity contribution in [2.24, 2.45) is 0 Å². The van der Waals surface area contributed by atoms with Gasteiger partial charge < -0.3 is 24.4 Å². The lowest BCUT2D eigenvalue weighted by Gasteiger charge is -2.39. The van der Waals surface area contributed by atoms with Crippen LogP contribution in [-0.2, 0) is 11.2 Å². The van der Waals surface area contributed by atoms with E-state index in [1.807, 2.05) is 42.9 Å². The maximum atomic E-state index is 13.7. The first-order valence-corrected chi connectivity index (χ1v) is 13.4. The minimum atomic E-state index is -0.282. The molecule has 200 valence electrons. The van der Waals surface area contributed by atoms with Crippen LogP contribution in [0.5, 0.6) is 5.75 Å². The van der Waals surface area contributed by atoms with E-state index in [9.17, 15) is 4.79 Å². The number of hydrogen-bond donors (Lipinski definition) is 1. The molecule has 2 atom stereocenters. The van der Waals surface area contributed by atoms with Crippen molar-refractivity contribution in [1.82, 2.24) is 19.5 Å². The standard InChI is InChI=1S/C30H33N7O2/c1-6-23-27-28(37-14-13-22(26(37)29(38)35(27)4)20-9-7-18(2)8-10-20)34-30(33-23)32-21-11-12-24(25(15-21)39-5)36-16-19(3)31-17-36/h7-12,15-17,22,26H,6,13-14H2,1-5H3,(H,32,33,34). The maximum absolute atomic E-state index is 13.7. The number of ether oxygens (including phenoxy) is 1. The molecule has 1 fully saturated rings. The van der Waals surface area contributed by atoms with Crippen LogP contribution in [0.15, 0.2) is 55.0 Å². The number of nitrogens with zero attached hydrogens (tertiary/aromatic N) is 6. The van der Waals surface area contributed by atoms with Crippen LogP contribution in [-0.4, -0.2) is 52.2 Å². The number of anilines is 4. The van der Waals surface area contributed by atoms with Crippen molar-refractivity contribution in [2.75, 3.05) is 35.8 Å². The molecule has 0 saturated carbocycles. The van der Waals surface area contributed by atoms with Crippen LogP contribution in [0, 0.1) is 13.8 Å². The van der Waals surface area contributed by atoms with Crippen molar-refractivity contribution in [1.29, 1.82) is 0 Å². The molecule has 2 aliphatic heterocycles. The van der Waals surface area contributed by atoms with Crippen molar-refractivity contribution >= 4 is 29.0 Å². The van der Waals surface area contributed by atoms with Crippen LogP contribution in [0.2, 0.25) is 0 Å². The van der Waals surface area contributed by atoms with Crippen LogP contribution in [0.4, 0.5) is 23.1 Å². The van der Waals surface area contributed by atoms with Gasteiger partial charge in [-0.3, -0.25) is 4.79 Å². The summed E-state index contributed by atoms with van der Waals surface area (Å²) in [5, 5.41) is 3.39. The predicted octanol–water partition coefficient (Wildman–Crippen LogP) is 4.93. The summed E-state index contributed by atoms with van der Waals surface area (Å²) >= 11 is 0. The Morgan fingerprint density at radius 1 is 1.10 bits per heavy atom. The number of likely N-dealkylation sites (N-methyl/N-ethyl adjacent to an activating group) is 1. The Balaban J connectivity index is 1.36. The first kappa shape index (κ1) is 24.9. The number of carbonyl (C=O) groups is 1. The van der Waals surface area contributed by atoms with Gasteiger partial charge >= 0.3 is 0 Å². The highest BCUT2D eigenvalue weighted by atomic mass is 16.5. The van der Waals surface area contributed by atoms with Crippen LogP contribution in [0.25, 0.3) is 5.69 Å². The van der Waals surface area contributed by atoms with Crippen LogP contribution >= 0.6 is 0 Å². The number of nitrogens with one attached hydrogen (secondary N) is 1. The molecule has 1 saturated heterocycles. The average Bonchev–Trinajstić information content (AvgIpc) is 3.58. The highest BCUT2D eigenvalue weighted by Gasteiger charge is 2.47. The molecule has 0 aliphatic carbocycles. The molecule has 9 nitrogen and oxygen atoms in total. The number of fused-ring (bicyclic) bond motifs is 3. The minimum Gasteiger partial charge on any atom is -0.494 e. The molecule has 9 heteroatoms. The van der Waals surface area contributed by atoms with Gasteiger partial charge in [0.15, 0.2) is 5.82 Å². The number of carbonyl (C=O) groups excluding carboxylic acids is 1. The Labute approximate surface area is 228 Å². The van der Waals surface area contributed by atoms with Gasteiger partial charge in [-0.25, -0.2) is 9.97 Å². The second-order valence-corrected chi connectivity index (χ2v) is 10.3. The fourth-order valence-electron chi connectivity index (χ4n) is 5.79. The van der Waals surface area contributed by atoms with Gasteiger partial charge in [-0.2, -0.15) is 4.98 Å². The Hall–Kier alpha value is -4.40. The minimum absolute atomic E-state index is 0.0969. The molecule has 0 spiro atoms. The molecule has 39 heavy (non-hydrogen) atoms. The Morgan fingerprint density at radius 3 is 2.59 bits per heavy atom. The number of aryl methyl sites for hydroxylation is 3. The number of methoxy groups -OCH3 is 1. The quantitative estimate of drug-likeness (QED) is 0.383. The van der Waals surface area contributed by atoms with E-state index in [0.29, 0.717) is 18.1 Å². The van der Waals surface area contributed by atoms with Gasteiger partial charge in [0, 0.05) is 37.5 Å². The number of rotatable bonds is 6. The zero-order chi connectivity index (χ0) is 27.3. The third-order valence-electron chi connectivity index (χ3n) is 7.79. The van der Waals surface area contributed by atoms with E-state index in [1.165, 1.54) is 11.1 Å². The van der Waals surface area contributed by atoms with Gasteiger partial charge in [-0.1, -0.05) is 36.8 Å². The summed E-state index contributed by atoms with van der Waals surface area (Å²) in [7, 11) is 3.50. The zero-order valence-electron chi connectivity index (χ0n) is 23.0. The summed E-state index contributed by atoms with van der Waals surface area (Å²) in [6.07, 6.45) is 5.31. The van der Waals surface area contributed by atoms with Crippen molar-refractivity contribution in [3.8, 4) is 11.4 Å². The summed E-state index contributed by atoms with van der Waals surface area (Å²) < 4.78 is 7.62. The van der Waals surface area contributed by atoms with E-state index < -0.39 is 0 Å². The fourth-order valence-corrected chi connectivity index (χ4v) is 5.79. The lowest BCUT2D eigenvalue weighted by Crippen LogP contribution is -2.51. The molecule has 2 aliphatic rings. The zero-order valence-corrected chi connectivity index (χ0v) is 23.0. The van der Waals surface area contributed by atoms with Gasteiger partial charge in [0.25, 0.3) is 0 Å². The van der Waals surface area contributed by atoms with Gasteiger partial charge in [0.2, 0.25) is 11.9 Å². The summed E-state index contributed by atoms with van der Waals surface area (Å²) in [5.74, 6) is 2.23. The molecule has 0 bridgehead atoms. The molecular weight excluding hydrogens is 490 g/mol. The van der Waals surface area contributed by atoms with E-state index in [4.69, 9.17) is 14.7 Å². The molecular formula is C30H33N7O2. The van der Waals surface area contributed by atoms with Gasteiger partial charge in [0.1, 0.15) is 17.5 Å². The number of aromatic nitrogens is 4. The van der Waals surface area contributed by atoms with E-state index in [0.717, 1.165) is 47.2 Å². The summed E-state index contributed by atoms with van der Waals surface area (Å²) in [6.45, 7) is 6.86. The van der Waals surface area contributed by atoms with E-state index in [1.54, 1.807) is 18.3 Å². The highest BCUT2D eigenvalue weighted by Crippen LogP contribution is 2.45. The number of imidazole rings is 1. The Bertz CT molecular complexity index is 1550. The Kier molecular flexibility index (Phi) is 6.21. The van der Waals surface area contributed by atoms with Crippen molar-refractivity contribution < 1.29 is 9.53 Å². The number of hydrogen-bond acceptors (Lipinski definition) is 7. The van der Waals surface area contributed by atoms with E-state index >= 15 is 0 Å². The van der Waals surface area contributed by atoms with Crippen molar-refractivity contribution in [3.63, 3.8) is 0 Å².